The third-order valence-corrected chi connectivity index (χ3v) is 1.90. The van der Waals surface area contributed by atoms with E-state index in [1.807, 2.05) is 0 Å². The van der Waals surface area contributed by atoms with Gasteiger partial charge in [0.25, 0.3) is 0 Å². The molecular formula is C12H14F3NO2. The molecule has 0 bridgehead atoms. The van der Waals surface area contributed by atoms with Gasteiger partial charge >= 0.3 is 0 Å². The number of hydrogen-bond acceptors (Lipinski definition) is 2. The monoisotopic (exact) mass is 261 g/mol. The summed E-state index contributed by atoms with van der Waals surface area (Å²) in [4.78, 5) is 11.4. The summed E-state index contributed by atoms with van der Waals surface area (Å²) in [5, 5.41) is 2.21. The second kappa shape index (κ2) is 5.39. The summed E-state index contributed by atoms with van der Waals surface area (Å²) in [6.07, 6.45) is 0. The quantitative estimate of drug-likeness (QED) is 0.850. The third-order valence-electron chi connectivity index (χ3n) is 1.90. The van der Waals surface area contributed by atoms with Gasteiger partial charge in [0.2, 0.25) is 5.91 Å². The molecule has 0 atom stereocenters. The van der Waals surface area contributed by atoms with Crippen LogP contribution < -0.4 is 5.32 Å². The zero-order valence-electron chi connectivity index (χ0n) is 10.3. The van der Waals surface area contributed by atoms with Gasteiger partial charge in [0, 0.05) is 17.8 Å². The fourth-order valence-electron chi connectivity index (χ4n) is 1.11. The molecule has 0 spiro atoms. The van der Waals surface area contributed by atoms with Crippen molar-refractivity contribution in [2.24, 2.45) is 0 Å². The zero-order chi connectivity index (χ0) is 13.9. The fourth-order valence-corrected chi connectivity index (χ4v) is 1.11. The average molecular weight is 261 g/mol. The van der Waals surface area contributed by atoms with Crippen LogP contribution in [0.25, 0.3) is 0 Å². The highest BCUT2D eigenvalue weighted by Gasteiger charge is 2.15. The third kappa shape index (κ3) is 4.37. The lowest BCUT2D eigenvalue weighted by molar-refractivity contribution is -0.125. The number of benzene rings is 1. The van der Waals surface area contributed by atoms with Crippen LogP contribution in [0.1, 0.15) is 20.8 Å². The maximum Gasteiger partial charge on any atom is 0.250 e. The lowest BCUT2D eigenvalue weighted by Crippen LogP contribution is -2.27. The summed E-state index contributed by atoms with van der Waals surface area (Å²) >= 11 is 0. The maximum atomic E-state index is 12.9. The first kappa shape index (κ1) is 14.5. The molecule has 0 saturated heterocycles. The predicted molar refractivity (Wildman–Crippen MR) is 60.7 cm³/mol. The van der Waals surface area contributed by atoms with E-state index < -0.39 is 29.0 Å². The van der Waals surface area contributed by atoms with Gasteiger partial charge < -0.3 is 10.1 Å². The Morgan fingerprint density at radius 3 is 2.17 bits per heavy atom. The van der Waals surface area contributed by atoms with Gasteiger partial charge in [-0.2, -0.15) is 0 Å². The topological polar surface area (TPSA) is 38.3 Å². The minimum Gasteiger partial charge on any atom is -0.366 e. The highest BCUT2D eigenvalue weighted by atomic mass is 19.2. The Bertz CT molecular complexity index is 432. The van der Waals surface area contributed by atoms with Crippen LogP contribution in [0.4, 0.5) is 18.9 Å². The van der Waals surface area contributed by atoms with E-state index in [-0.39, 0.29) is 12.3 Å². The highest BCUT2D eigenvalue weighted by Crippen LogP contribution is 2.17. The summed E-state index contributed by atoms with van der Waals surface area (Å²) in [5.41, 5.74) is -0.662. The second-order valence-electron chi connectivity index (χ2n) is 4.70. The molecular weight excluding hydrogens is 247 g/mol. The number of rotatable bonds is 3. The van der Waals surface area contributed by atoms with E-state index in [1.54, 1.807) is 20.8 Å². The van der Waals surface area contributed by atoms with Crippen molar-refractivity contribution in [1.82, 2.24) is 0 Å². The van der Waals surface area contributed by atoms with E-state index in [0.29, 0.717) is 12.1 Å². The van der Waals surface area contributed by atoms with E-state index >= 15 is 0 Å². The van der Waals surface area contributed by atoms with Gasteiger partial charge in [-0.25, -0.2) is 13.2 Å². The summed E-state index contributed by atoms with van der Waals surface area (Å²) in [6, 6.07) is 1.40. The van der Waals surface area contributed by atoms with Gasteiger partial charge in [0.15, 0.2) is 17.5 Å². The Balaban J connectivity index is 2.65. The number of nitrogens with one attached hydrogen (secondary N) is 1. The number of ether oxygens (including phenoxy) is 1. The molecule has 0 aromatic heterocycles. The average Bonchev–Trinajstić information content (AvgIpc) is 2.22. The Morgan fingerprint density at radius 2 is 1.72 bits per heavy atom. The molecule has 1 rings (SSSR count). The molecule has 0 radical (unpaired) electrons. The van der Waals surface area contributed by atoms with Gasteiger partial charge in [-0.1, -0.05) is 0 Å². The van der Waals surface area contributed by atoms with Gasteiger partial charge in [0.05, 0.1) is 5.60 Å². The molecule has 3 nitrogen and oxygen atoms in total. The number of amides is 1. The first-order chi connectivity index (χ1) is 8.19. The van der Waals surface area contributed by atoms with Crippen LogP contribution >= 0.6 is 0 Å². The zero-order valence-corrected chi connectivity index (χ0v) is 10.3. The number of carbonyl (C=O) groups excluding carboxylic acids is 1. The summed E-state index contributed by atoms with van der Waals surface area (Å²) in [5.74, 6) is -4.86. The molecule has 0 aliphatic carbocycles. The second-order valence-corrected chi connectivity index (χ2v) is 4.70. The Morgan fingerprint density at radius 1 is 1.22 bits per heavy atom. The van der Waals surface area contributed by atoms with Crippen molar-refractivity contribution in [2.75, 3.05) is 11.9 Å². The van der Waals surface area contributed by atoms with Crippen LogP contribution in [0.5, 0.6) is 0 Å². The van der Waals surface area contributed by atoms with E-state index in [4.69, 9.17) is 4.74 Å². The van der Waals surface area contributed by atoms with E-state index in [0.717, 1.165) is 0 Å². The van der Waals surface area contributed by atoms with Crippen LogP contribution in [0, 0.1) is 17.5 Å². The van der Waals surface area contributed by atoms with E-state index in [9.17, 15) is 18.0 Å². The van der Waals surface area contributed by atoms with Crippen LogP contribution in [-0.4, -0.2) is 18.1 Å². The van der Waals surface area contributed by atoms with Crippen LogP contribution in [-0.2, 0) is 9.53 Å². The number of hydrogen-bond donors (Lipinski definition) is 1. The normalized spacial score (nSPS) is 11.4. The SMILES string of the molecule is CC(C)(C)OCC(=O)Nc1cc(F)c(F)c(F)c1. The van der Waals surface area contributed by atoms with Crippen molar-refractivity contribution >= 4 is 11.6 Å². The molecule has 0 heterocycles. The van der Waals surface area contributed by atoms with E-state index in [1.165, 1.54) is 0 Å². The van der Waals surface area contributed by atoms with Gasteiger partial charge in [-0.3, -0.25) is 4.79 Å². The Kier molecular flexibility index (Phi) is 4.34. The van der Waals surface area contributed by atoms with Crippen molar-refractivity contribution in [3.63, 3.8) is 0 Å². The molecule has 0 fully saturated rings. The van der Waals surface area contributed by atoms with Crippen molar-refractivity contribution in [3.05, 3.63) is 29.6 Å². The van der Waals surface area contributed by atoms with Gasteiger partial charge in [0.1, 0.15) is 6.61 Å². The minimum absolute atomic E-state index is 0.158. The molecule has 0 aliphatic rings. The molecule has 0 aliphatic heterocycles. The molecule has 0 unspecified atom stereocenters. The molecule has 1 amide bonds. The fraction of sp³-hybridized carbons (Fsp3) is 0.417. The van der Waals surface area contributed by atoms with Crippen LogP contribution in [0.3, 0.4) is 0 Å². The smallest absolute Gasteiger partial charge is 0.250 e. The number of anilines is 1. The van der Waals surface area contributed by atoms with Crippen LogP contribution in [0.15, 0.2) is 12.1 Å². The van der Waals surface area contributed by atoms with Crippen molar-refractivity contribution in [1.29, 1.82) is 0 Å². The molecule has 1 aromatic carbocycles. The van der Waals surface area contributed by atoms with Gasteiger partial charge in [-0.05, 0) is 20.8 Å². The Hall–Kier alpha value is -1.56. The largest absolute Gasteiger partial charge is 0.366 e. The lowest BCUT2D eigenvalue weighted by Gasteiger charge is -2.19. The summed E-state index contributed by atoms with van der Waals surface area (Å²) in [6.45, 7) is 5.02. The standard InChI is InChI=1S/C12H14F3NO2/c1-12(2,3)18-6-10(17)16-7-4-8(13)11(15)9(14)5-7/h4-5H,6H2,1-3H3,(H,16,17). The minimum atomic E-state index is -1.57. The first-order valence-corrected chi connectivity index (χ1v) is 5.27. The van der Waals surface area contributed by atoms with Crippen molar-refractivity contribution < 1.29 is 22.7 Å². The molecule has 1 aromatic rings. The first-order valence-electron chi connectivity index (χ1n) is 5.27. The summed E-state index contributed by atoms with van der Waals surface area (Å²) in [7, 11) is 0. The molecule has 6 heteroatoms. The molecule has 100 valence electrons. The summed E-state index contributed by atoms with van der Waals surface area (Å²) < 4.78 is 43.6. The van der Waals surface area contributed by atoms with Gasteiger partial charge in [-0.15, -0.1) is 0 Å². The maximum absolute atomic E-state index is 12.9. The number of halogens is 3. The van der Waals surface area contributed by atoms with Crippen molar-refractivity contribution in [2.45, 2.75) is 26.4 Å². The molecule has 0 saturated carbocycles. The van der Waals surface area contributed by atoms with Crippen molar-refractivity contribution in [3.8, 4) is 0 Å². The van der Waals surface area contributed by atoms with Crippen LogP contribution in [0.2, 0.25) is 0 Å². The number of carbonyl (C=O) groups is 1. The highest BCUT2D eigenvalue weighted by molar-refractivity contribution is 5.91. The lowest BCUT2D eigenvalue weighted by atomic mass is 10.2. The molecule has 1 N–H and O–H groups in total. The molecule has 18 heavy (non-hydrogen) atoms. The Labute approximate surface area is 103 Å². The predicted octanol–water partition coefficient (Wildman–Crippen LogP) is 2.86. The van der Waals surface area contributed by atoms with E-state index in [2.05, 4.69) is 5.32 Å².